The summed E-state index contributed by atoms with van der Waals surface area (Å²) >= 11 is 5.81. The van der Waals surface area contributed by atoms with Gasteiger partial charge in [0, 0.05) is 32.7 Å². The molecule has 0 bridgehead atoms. The van der Waals surface area contributed by atoms with Crippen LogP contribution in [0.25, 0.3) is 0 Å². The number of hydrogen-bond donors (Lipinski definition) is 1. The molecule has 0 radical (unpaired) electrons. The third-order valence-corrected chi connectivity index (χ3v) is 3.65. The number of rotatable bonds is 5. The summed E-state index contributed by atoms with van der Waals surface area (Å²) in [7, 11) is 1.54. The second-order valence-corrected chi connectivity index (χ2v) is 5.02. The number of hydrogen-bond acceptors (Lipinski definition) is 6. The van der Waals surface area contributed by atoms with Crippen LogP contribution >= 0.6 is 11.6 Å². The van der Waals surface area contributed by atoms with Crippen LogP contribution < -0.4 is 5.32 Å². The molecular formula is C12H14ClN3O5. The minimum atomic E-state index is -0.637. The molecular weight excluding hydrogens is 302 g/mol. The average molecular weight is 316 g/mol. The second-order valence-electron chi connectivity index (χ2n) is 4.66. The standard InChI is InChI=1S/C12H14ClN3O5/c1-20-12(2-3-21-7-12)6-15-11(17)9-4-8(16(18)19)5-14-10(9)13/h4-5H,2-3,6-7H2,1H3,(H,15,17). The second kappa shape index (κ2) is 6.33. The summed E-state index contributed by atoms with van der Waals surface area (Å²) in [6, 6.07) is 1.09. The summed E-state index contributed by atoms with van der Waals surface area (Å²) in [6.07, 6.45) is 1.66. The predicted molar refractivity (Wildman–Crippen MR) is 73.4 cm³/mol. The molecule has 2 heterocycles. The number of aromatic nitrogens is 1. The van der Waals surface area contributed by atoms with E-state index in [0.29, 0.717) is 19.6 Å². The lowest BCUT2D eigenvalue weighted by Gasteiger charge is -2.25. The van der Waals surface area contributed by atoms with Crippen molar-refractivity contribution in [3.63, 3.8) is 0 Å². The van der Waals surface area contributed by atoms with Crippen molar-refractivity contribution in [1.29, 1.82) is 0 Å². The lowest BCUT2D eigenvalue weighted by molar-refractivity contribution is -0.385. The van der Waals surface area contributed by atoms with Crippen LogP contribution in [0.4, 0.5) is 5.69 Å². The number of halogens is 1. The number of amides is 1. The van der Waals surface area contributed by atoms with E-state index in [2.05, 4.69) is 10.3 Å². The summed E-state index contributed by atoms with van der Waals surface area (Å²) in [5.41, 5.74) is -0.915. The molecule has 0 saturated carbocycles. The highest BCUT2D eigenvalue weighted by molar-refractivity contribution is 6.32. The third kappa shape index (κ3) is 3.46. The molecule has 114 valence electrons. The van der Waals surface area contributed by atoms with Crippen molar-refractivity contribution in [3.05, 3.63) is 33.1 Å². The Morgan fingerprint density at radius 1 is 1.71 bits per heavy atom. The van der Waals surface area contributed by atoms with Crippen LogP contribution in [0.15, 0.2) is 12.3 Å². The van der Waals surface area contributed by atoms with Gasteiger partial charge in [0.05, 0.1) is 17.1 Å². The summed E-state index contributed by atoms with van der Waals surface area (Å²) < 4.78 is 10.6. The van der Waals surface area contributed by atoms with Gasteiger partial charge in [0.1, 0.15) is 17.0 Å². The highest BCUT2D eigenvalue weighted by Crippen LogP contribution is 2.23. The third-order valence-electron chi connectivity index (χ3n) is 3.35. The number of nitrogens with one attached hydrogen (secondary N) is 1. The topological polar surface area (TPSA) is 104 Å². The Morgan fingerprint density at radius 3 is 3.05 bits per heavy atom. The number of methoxy groups -OCH3 is 1. The first-order valence-corrected chi connectivity index (χ1v) is 6.56. The van der Waals surface area contributed by atoms with Gasteiger partial charge in [-0.15, -0.1) is 0 Å². The number of carbonyl (C=O) groups excluding carboxylic acids is 1. The van der Waals surface area contributed by atoms with E-state index in [4.69, 9.17) is 21.1 Å². The van der Waals surface area contributed by atoms with Gasteiger partial charge in [0.2, 0.25) is 0 Å². The van der Waals surface area contributed by atoms with Gasteiger partial charge in [0.25, 0.3) is 11.6 Å². The van der Waals surface area contributed by atoms with Crippen molar-refractivity contribution in [3.8, 4) is 0 Å². The predicted octanol–water partition coefficient (Wildman–Crippen LogP) is 1.18. The van der Waals surface area contributed by atoms with Gasteiger partial charge in [-0.3, -0.25) is 14.9 Å². The summed E-state index contributed by atoms with van der Waals surface area (Å²) in [6.45, 7) is 1.16. The highest BCUT2D eigenvalue weighted by Gasteiger charge is 2.35. The van der Waals surface area contributed by atoms with E-state index in [1.807, 2.05) is 0 Å². The molecule has 1 amide bonds. The Kier molecular flexibility index (Phi) is 4.71. The number of ether oxygens (including phenoxy) is 2. The fourth-order valence-electron chi connectivity index (χ4n) is 1.99. The van der Waals surface area contributed by atoms with Crippen LogP contribution in [-0.4, -0.2) is 48.3 Å². The molecule has 0 spiro atoms. The van der Waals surface area contributed by atoms with Crippen molar-refractivity contribution in [1.82, 2.24) is 10.3 Å². The number of nitro groups is 1. The van der Waals surface area contributed by atoms with Crippen LogP contribution in [0.1, 0.15) is 16.8 Å². The molecule has 21 heavy (non-hydrogen) atoms. The van der Waals surface area contributed by atoms with Crippen LogP contribution in [-0.2, 0) is 9.47 Å². The maximum absolute atomic E-state index is 12.1. The smallest absolute Gasteiger partial charge is 0.288 e. The number of pyridine rings is 1. The molecule has 1 fully saturated rings. The largest absolute Gasteiger partial charge is 0.378 e. The van der Waals surface area contributed by atoms with E-state index in [1.165, 1.54) is 0 Å². The first-order chi connectivity index (χ1) is 9.97. The van der Waals surface area contributed by atoms with Crippen LogP contribution in [0.2, 0.25) is 5.15 Å². The SMILES string of the molecule is COC1(CNC(=O)c2cc([N+](=O)[O-])cnc2Cl)CCOC1. The Bertz CT molecular complexity index is 560. The van der Waals surface area contributed by atoms with Crippen molar-refractivity contribution in [2.45, 2.75) is 12.0 Å². The van der Waals surface area contributed by atoms with E-state index >= 15 is 0 Å². The van der Waals surface area contributed by atoms with Gasteiger partial charge in [0.15, 0.2) is 0 Å². The van der Waals surface area contributed by atoms with Gasteiger partial charge in [-0.25, -0.2) is 4.98 Å². The van der Waals surface area contributed by atoms with Gasteiger partial charge < -0.3 is 14.8 Å². The molecule has 1 atom stereocenters. The van der Waals surface area contributed by atoms with E-state index in [0.717, 1.165) is 12.3 Å². The maximum Gasteiger partial charge on any atom is 0.288 e. The molecule has 9 heteroatoms. The van der Waals surface area contributed by atoms with E-state index in [1.54, 1.807) is 7.11 Å². The van der Waals surface area contributed by atoms with Gasteiger partial charge in [-0.1, -0.05) is 11.6 Å². The Hall–Kier alpha value is -1.77. The molecule has 1 aliphatic heterocycles. The zero-order valence-corrected chi connectivity index (χ0v) is 12.1. The fourth-order valence-corrected chi connectivity index (χ4v) is 2.18. The zero-order valence-electron chi connectivity index (χ0n) is 11.3. The monoisotopic (exact) mass is 315 g/mol. The lowest BCUT2D eigenvalue weighted by Crippen LogP contribution is -2.45. The molecule has 0 aromatic carbocycles. The summed E-state index contributed by atoms with van der Waals surface area (Å²) in [4.78, 5) is 25.8. The summed E-state index contributed by atoms with van der Waals surface area (Å²) in [5.74, 6) is -0.542. The number of carbonyl (C=O) groups is 1. The van der Waals surface area contributed by atoms with E-state index in [-0.39, 0.29) is 22.9 Å². The molecule has 1 aliphatic rings. The molecule has 8 nitrogen and oxygen atoms in total. The van der Waals surface area contributed by atoms with Gasteiger partial charge in [-0.05, 0) is 0 Å². The normalized spacial score (nSPS) is 21.2. The minimum Gasteiger partial charge on any atom is -0.378 e. The molecule has 1 unspecified atom stereocenters. The van der Waals surface area contributed by atoms with Gasteiger partial charge >= 0.3 is 0 Å². The molecule has 1 N–H and O–H groups in total. The van der Waals surface area contributed by atoms with Crippen molar-refractivity contribution < 1.29 is 19.2 Å². The molecule has 1 aromatic heterocycles. The average Bonchev–Trinajstić information content (AvgIpc) is 2.94. The lowest BCUT2D eigenvalue weighted by atomic mass is 10.0. The van der Waals surface area contributed by atoms with Crippen LogP contribution in [0.3, 0.4) is 0 Å². The maximum atomic E-state index is 12.1. The fraction of sp³-hybridized carbons (Fsp3) is 0.500. The van der Waals surface area contributed by atoms with E-state index < -0.39 is 16.4 Å². The molecule has 1 saturated heterocycles. The Morgan fingerprint density at radius 2 is 2.48 bits per heavy atom. The zero-order chi connectivity index (χ0) is 15.5. The summed E-state index contributed by atoms with van der Waals surface area (Å²) in [5, 5.41) is 13.3. The minimum absolute atomic E-state index is 0.0453. The molecule has 0 aliphatic carbocycles. The van der Waals surface area contributed by atoms with Crippen LogP contribution in [0, 0.1) is 10.1 Å². The quantitative estimate of drug-likeness (QED) is 0.497. The molecule has 2 rings (SSSR count). The number of nitrogens with zero attached hydrogens (tertiary/aromatic N) is 2. The van der Waals surface area contributed by atoms with Crippen molar-refractivity contribution in [2.24, 2.45) is 0 Å². The Labute approximate surface area is 125 Å². The highest BCUT2D eigenvalue weighted by atomic mass is 35.5. The Balaban J connectivity index is 2.09. The first-order valence-electron chi connectivity index (χ1n) is 6.18. The van der Waals surface area contributed by atoms with Crippen molar-refractivity contribution in [2.75, 3.05) is 26.9 Å². The van der Waals surface area contributed by atoms with Crippen molar-refractivity contribution >= 4 is 23.2 Å². The van der Waals surface area contributed by atoms with E-state index in [9.17, 15) is 14.9 Å². The first kappa shape index (κ1) is 15.6. The van der Waals surface area contributed by atoms with Crippen LogP contribution in [0.5, 0.6) is 0 Å². The molecule has 1 aromatic rings. The van der Waals surface area contributed by atoms with Gasteiger partial charge in [-0.2, -0.15) is 0 Å².